The second-order valence-corrected chi connectivity index (χ2v) is 14.8. The molecule has 1 heterocycles. The third-order valence-electron chi connectivity index (χ3n) is 13.2. The highest BCUT2D eigenvalue weighted by molar-refractivity contribution is 5.89. The van der Waals surface area contributed by atoms with Crippen molar-refractivity contribution in [3.63, 3.8) is 0 Å². The second-order valence-electron chi connectivity index (χ2n) is 14.8. The topological polar surface area (TPSA) is 119 Å². The monoisotopic (exact) mass is 655 g/mol. The molecule has 7 rings (SSSR count). The van der Waals surface area contributed by atoms with Crippen LogP contribution in [0.3, 0.4) is 0 Å². The highest BCUT2D eigenvalue weighted by atomic mass is 16.6. The van der Waals surface area contributed by atoms with Gasteiger partial charge in [-0.3, -0.25) is 14.5 Å². The lowest BCUT2D eigenvalue weighted by molar-refractivity contribution is -0.277. The Morgan fingerprint density at radius 2 is 1.68 bits per heavy atom. The van der Waals surface area contributed by atoms with E-state index in [9.17, 15) is 14.4 Å². The molecule has 1 aromatic rings. The van der Waals surface area contributed by atoms with Crippen molar-refractivity contribution in [2.75, 3.05) is 48.1 Å². The summed E-state index contributed by atoms with van der Waals surface area (Å²) in [6.07, 6.45) is 1.05. The largest absolute Gasteiger partial charge is 0.497 e. The number of methoxy groups -OCH3 is 4. The molecule has 5 aliphatic carbocycles. The van der Waals surface area contributed by atoms with Gasteiger partial charge in [0.25, 0.3) is 0 Å². The van der Waals surface area contributed by atoms with Gasteiger partial charge >= 0.3 is 17.9 Å². The molecule has 11 nitrogen and oxygen atoms in total. The van der Waals surface area contributed by atoms with Crippen LogP contribution in [0.25, 0.3) is 0 Å². The van der Waals surface area contributed by atoms with E-state index in [0.717, 1.165) is 19.5 Å². The Balaban J connectivity index is 1.46. The van der Waals surface area contributed by atoms with E-state index in [4.69, 9.17) is 33.2 Å². The Bertz CT molecular complexity index is 1400. The molecule has 13 atom stereocenters. The molecule has 1 aliphatic heterocycles. The van der Waals surface area contributed by atoms with Crippen molar-refractivity contribution < 1.29 is 47.5 Å². The molecule has 0 amide bonds. The number of fused-ring (bicyclic) bond motifs is 2. The molecule has 0 radical (unpaired) electrons. The lowest BCUT2D eigenvalue weighted by Crippen LogP contribution is -2.77. The minimum Gasteiger partial charge on any atom is -0.497 e. The maximum Gasteiger partial charge on any atom is 0.338 e. The first-order chi connectivity index (χ1) is 22.6. The first kappa shape index (κ1) is 32.8. The number of hydrogen-bond acceptors (Lipinski definition) is 11. The van der Waals surface area contributed by atoms with E-state index in [1.807, 2.05) is 0 Å². The molecule has 6 aliphatic rings. The molecule has 6 fully saturated rings. The summed E-state index contributed by atoms with van der Waals surface area (Å²) in [5.74, 6) is -1.32. The van der Waals surface area contributed by atoms with E-state index < -0.39 is 23.2 Å². The number of hydrogen-bond donors (Lipinski definition) is 0. The summed E-state index contributed by atoms with van der Waals surface area (Å²) in [4.78, 5) is 42.5. The van der Waals surface area contributed by atoms with Gasteiger partial charge in [-0.15, -0.1) is 0 Å². The van der Waals surface area contributed by atoms with Gasteiger partial charge in [-0.1, -0.05) is 6.92 Å². The Morgan fingerprint density at radius 1 is 0.936 bits per heavy atom. The van der Waals surface area contributed by atoms with Gasteiger partial charge in [-0.25, -0.2) is 4.79 Å². The van der Waals surface area contributed by atoms with Crippen LogP contribution in [0.1, 0.15) is 56.8 Å². The van der Waals surface area contributed by atoms with Crippen LogP contribution in [0.15, 0.2) is 24.3 Å². The number of carbonyl (C=O) groups excluding carboxylic acids is 3. The summed E-state index contributed by atoms with van der Waals surface area (Å²) in [5.41, 5.74) is -1.42. The number of nitrogens with zero attached hydrogens (tertiary/aromatic N) is 1. The van der Waals surface area contributed by atoms with E-state index in [1.54, 1.807) is 52.7 Å². The normalized spacial score (nSPS) is 44.1. The van der Waals surface area contributed by atoms with E-state index in [2.05, 4.69) is 11.8 Å². The average Bonchev–Trinajstić information content (AvgIpc) is 3.47. The van der Waals surface area contributed by atoms with Gasteiger partial charge in [0.15, 0.2) is 0 Å². The zero-order valence-electron chi connectivity index (χ0n) is 28.6. The minimum absolute atomic E-state index is 0.0547. The Kier molecular flexibility index (Phi) is 8.17. The van der Waals surface area contributed by atoms with Gasteiger partial charge in [0.2, 0.25) is 0 Å². The lowest BCUT2D eigenvalue weighted by atomic mass is 9.43. The molecule has 258 valence electrons. The van der Waals surface area contributed by atoms with Gasteiger partial charge in [-0.05, 0) is 56.0 Å². The molecule has 0 aromatic heterocycles. The summed E-state index contributed by atoms with van der Waals surface area (Å²) in [7, 11) is 6.78. The van der Waals surface area contributed by atoms with Crippen LogP contribution >= 0.6 is 0 Å². The number of ether oxygens (including phenoxy) is 7. The van der Waals surface area contributed by atoms with Crippen LogP contribution < -0.4 is 4.74 Å². The summed E-state index contributed by atoms with van der Waals surface area (Å²) < 4.78 is 43.8. The van der Waals surface area contributed by atoms with Crippen molar-refractivity contribution >= 4 is 17.9 Å². The average molecular weight is 656 g/mol. The fourth-order valence-corrected chi connectivity index (χ4v) is 12.5. The standard InChI is InChI=1S/C36H49NO10/c1-8-37-17-34(18-41-4)14-13-26(46-33(40)21-9-11-22(42-5)12-10-21)36-24-15-23-25(43-6)16-35(47-20(3)39,27(24)29(23)45-19(2)38)28(32(36)37)30(44-7)31(34)36/h9-12,23-32H,8,13-18H2,1-7H3/t23?,24-,25+,26?,27-,28-,29?,30?,31-,32+,34+,35-,36?/m1/s1. The molecule has 5 saturated carbocycles. The van der Waals surface area contributed by atoms with Gasteiger partial charge in [0.05, 0.1) is 31.5 Å². The Hall–Kier alpha value is -2.73. The number of carbonyl (C=O) groups is 3. The van der Waals surface area contributed by atoms with E-state index in [-0.39, 0.29) is 71.2 Å². The van der Waals surface area contributed by atoms with Crippen molar-refractivity contribution in [2.24, 2.45) is 40.4 Å². The summed E-state index contributed by atoms with van der Waals surface area (Å²) >= 11 is 0. The van der Waals surface area contributed by atoms with E-state index in [0.29, 0.717) is 37.2 Å². The lowest BCUT2D eigenvalue weighted by Gasteiger charge is -2.69. The highest BCUT2D eigenvalue weighted by Gasteiger charge is 2.88. The van der Waals surface area contributed by atoms with E-state index in [1.165, 1.54) is 13.8 Å². The Labute approximate surface area is 276 Å². The van der Waals surface area contributed by atoms with E-state index >= 15 is 0 Å². The maximum absolute atomic E-state index is 14.0. The van der Waals surface area contributed by atoms with Crippen molar-refractivity contribution in [1.29, 1.82) is 0 Å². The third-order valence-corrected chi connectivity index (χ3v) is 13.2. The summed E-state index contributed by atoms with van der Waals surface area (Å²) in [6, 6.07) is 6.89. The molecule has 1 spiro atoms. The first-order valence-electron chi connectivity index (χ1n) is 17.1. The minimum atomic E-state index is -1.01. The smallest absolute Gasteiger partial charge is 0.338 e. The van der Waals surface area contributed by atoms with Crippen molar-refractivity contribution in [1.82, 2.24) is 4.90 Å². The highest BCUT2D eigenvalue weighted by Crippen LogP contribution is 2.80. The van der Waals surface area contributed by atoms with Crippen LogP contribution in [-0.2, 0) is 38.0 Å². The van der Waals surface area contributed by atoms with Gasteiger partial charge in [0, 0.05) is 88.7 Å². The molecule has 1 saturated heterocycles. The zero-order valence-corrected chi connectivity index (χ0v) is 28.6. The number of esters is 3. The van der Waals surface area contributed by atoms with Crippen LogP contribution in [-0.4, -0.2) is 107 Å². The van der Waals surface area contributed by atoms with Gasteiger partial charge < -0.3 is 33.2 Å². The number of rotatable bonds is 10. The van der Waals surface area contributed by atoms with Crippen molar-refractivity contribution in [2.45, 2.75) is 82.5 Å². The molecule has 47 heavy (non-hydrogen) atoms. The van der Waals surface area contributed by atoms with Gasteiger partial charge in [-0.2, -0.15) is 0 Å². The fourth-order valence-electron chi connectivity index (χ4n) is 12.5. The predicted octanol–water partition coefficient (Wildman–Crippen LogP) is 3.52. The molecule has 0 N–H and O–H groups in total. The quantitative estimate of drug-likeness (QED) is 0.272. The SMILES string of the molecule is CCN1C[C@]2(COC)CCC(OC(=O)c3ccc(OC)cc3)C34[C@@H]5CC6C(OC(C)=O)[C@@H]5[C@](OC(C)=O)(C[C@@H]6OC)[C@H](C(OC)[C@@H]32)[C@H]14. The first-order valence-corrected chi connectivity index (χ1v) is 17.1. The number of benzene rings is 1. The second kappa shape index (κ2) is 11.7. The molecule has 5 unspecified atom stereocenters. The van der Waals surface area contributed by atoms with Crippen molar-refractivity contribution in [3.8, 4) is 5.75 Å². The van der Waals surface area contributed by atoms with Gasteiger partial charge in [0.1, 0.15) is 23.6 Å². The number of likely N-dealkylation sites (tertiary alicyclic amines) is 1. The van der Waals surface area contributed by atoms with Crippen LogP contribution in [0, 0.1) is 40.4 Å². The third kappa shape index (κ3) is 4.34. The zero-order chi connectivity index (χ0) is 33.5. The predicted molar refractivity (Wildman–Crippen MR) is 168 cm³/mol. The summed E-state index contributed by atoms with van der Waals surface area (Å²) in [5, 5.41) is 0. The maximum atomic E-state index is 14.0. The molecule has 7 bridgehead atoms. The molecular formula is C36H49NO10. The molecular weight excluding hydrogens is 606 g/mol. The summed E-state index contributed by atoms with van der Waals surface area (Å²) in [6.45, 7) is 7.17. The Morgan fingerprint density at radius 3 is 2.28 bits per heavy atom. The molecule has 1 aromatic carbocycles. The van der Waals surface area contributed by atoms with Crippen LogP contribution in [0.4, 0.5) is 0 Å². The van der Waals surface area contributed by atoms with Crippen LogP contribution in [0.5, 0.6) is 5.75 Å². The molecule has 11 heteroatoms. The van der Waals surface area contributed by atoms with Crippen LogP contribution in [0.2, 0.25) is 0 Å². The van der Waals surface area contributed by atoms with Crippen molar-refractivity contribution in [3.05, 3.63) is 29.8 Å². The fraction of sp³-hybridized carbons (Fsp3) is 0.750. The number of piperidine rings is 1.